The third-order valence-corrected chi connectivity index (χ3v) is 9.69. The zero-order chi connectivity index (χ0) is 31.9. The molecular weight excluding hydrogens is 672 g/mol. The van der Waals surface area contributed by atoms with Gasteiger partial charge in [0.2, 0.25) is 0 Å². The van der Waals surface area contributed by atoms with Crippen molar-refractivity contribution >= 4 is 56.6 Å². The Morgan fingerprint density at radius 3 is 2.78 bits per heavy atom. The number of fused-ring (bicyclic) bond motifs is 1. The second-order valence-corrected chi connectivity index (χ2v) is 12.7. The normalized spacial score (nSPS) is 23.4. The van der Waals surface area contributed by atoms with Gasteiger partial charge in [0.15, 0.2) is 16.5 Å². The van der Waals surface area contributed by atoms with Gasteiger partial charge in [-0.2, -0.15) is 0 Å². The third-order valence-electron chi connectivity index (χ3n) is 8.22. The maximum Gasteiger partial charge on any atom is 0.338 e. The number of nitrogens with one attached hydrogen (secondary N) is 1. The number of thiazole rings is 1. The number of amidine groups is 1. The highest BCUT2D eigenvalue weighted by Crippen LogP contribution is 2.43. The van der Waals surface area contributed by atoms with Crippen molar-refractivity contribution in [1.29, 1.82) is 0 Å². The molecule has 10 nitrogen and oxygen atoms in total. The molecule has 2 saturated heterocycles. The fraction of sp³-hybridized carbons (Fsp3) is 0.323. The Bertz CT molecular complexity index is 1730. The first-order valence-corrected chi connectivity index (χ1v) is 15.9. The molecule has 0 spiro atoms. The second kappa shape index (κ2) is 12.4. The van der Waals surface area contributed by atoms with Gasteiger partial charge in [0.25, 0.3) is 5.91 Å². The van der Waals surface area contributed by atoms with E-state index in [-0.39, 0.29) is 50.3 Å². The van der Waals surface area contributed by atoms with Crippen LogP contribution >= 0.6 is 27.3 Å². The summed E-state index contributed by atoms with van der Waals surface area (Å²) < 4.78 is 36.2. The van der Waals surface area contributed by atoms with E-state index in [1.165, 1.54) is 46.6 Å². The summed E-state index contributed by atoms with van der Waals surface area (Å²) in [6.45, 7) is 2.49. The van der Waals surface area contributed by atoms with Gasteiger partial charge in [-0.1, -0.05) is 28.1 Å². The average molecular weight is 701 g/mol. The van der Waals surface area contributed by atoms with Crippen LogP contribution in [0.2, 0.25) is 0 Å². The lowest BCUT2D eigenvalue weighted by molar-refractivity contribution is -0.139. The van der Waals surface area contributed by atoms with Gasteiger partial charge in [0.05, 0.1) is 17.7 Å². The number of halogens is 3. The quantitative estimate of drug-likeness (QED) is 0.324. The maximum absolute atomic E-state index is 16.3. The molecule has 14 heteroatoms. The topological polar surface area (TPSA) is 124 Å². The molecule has 6 rings (SSSR count). The molecule has 2 aromatic carbocycles. The molecule has 234 valence electrons. The molecule has 0 unspecified atom stereocenters. The van der Waals surface area contributed by atoms with E-state index in [2.05, 4.69) is 26.2 Å². The monoisotopic (exact) mass is 699 g/mol. The van der Waals surface area contributed by atoms with Gasteiger partial charge in [0, 0.05) is 66.0 Å². The Morgan fingerprint density at radius 1 is 1.24 bits per heavy atom. The number of anilines is 1. The number of ether oxygens (including phenoxy) is 1. The zero-order valence-corrected chi connectivity index (χ0v) is 26.4. The fourth-order valence-corrected chi connectivity index (χ4v) is 7.20. The standard InChI is InChI=1S/C31H28BrF2N5O5S/c1-2-44-29(42)24-23(36-26(27-35-9-11-45-27)37-25(24)21-7-6-19(33)13-22(21)32)16-38-10-8-31(34)18(14-38)15-39(30(31)43)20-5-3-4-17(12-20)28(40)41/h3-7,9,11-13,18,25H,2,8,10,14-16H2,1H3,(H,36,37)(H,40,41)/t18-,25-,31+/m0/s1. The number of esters is 1. The molecule has 1 aromatic heterocycles. The number of rotatable bonds is 8. The van der Waals surface area contributed by atoms with Gasteiger partial charge >= 0.3 is 11.9 Å². The molecule has 2 N–H and O–H groups in total. The number of aromatic nitrogens is 1. The summed E-state index contributed by atoms with van der Waals surface area (Å²) in [7, 11) is 0. The maximum atomic E-state index is 16.3. The van der Waals surface area contributed by atoms with Crippen LogP contribution in [0, 0.1) is 11.7 Å². The van der Waals surface area contributed by atoms with Crippen LogP contribution in [0.15, 0.2) is 74.8 Å². The molecule has 3 atom stereocenters. The summed E-state index contributed by atoms with van der Waals surface area (Å²) in [5.74, 6) is -3.15. The average Bonchev–Trinajstić information content (AvgIpc) is 3.64. The van der Waals surface area contributed by atoms with Crippen LogP contribution in [0.25, 0.3) is 0 Å². The van der Waals surface area contributed by atoms with Gasteiger partial charge < -0.3 is 20.1 Å². The number of hydrogen-bond donors (Lipinski definition) is 2. The van der Waals surface area contributed by atoms with E-state index in [1.807, 2.05) is 4.90 Å². The molecule has 45 heavy (non-hydrogen) atoms. The van der Waals surface area contributed by atoms with Crippen LogP contribution in [-0.4, -0.2) is 77.1 Å². The van der Waals surface area contributed by atoms with Crippen LogP contribution in [-0.2, 0) is 14.3 Å². The van der Waals surface area contributed by atoms with Crippen molar-refractivity contribution in [2.24, 2.45) is 10.9 Å². The highest BCUT2D eigenvalue weighted by Gasteiger charge is 2.57. The van der Waals surface area contributed by atoms with Crippen LogP contribution in [0.4, 0.5) is 14.5 Å². The summed E-state index contributed by atoms with van der Waals surface area (Å²) in [5, 5.41) is 15.1. The van der Waals surface area contributed by atoms with Gasteiger partial charge in [0.1, 0.15) is 11.9 Å². The predicted octanol–water partition coefficient (Wildman–Crippen LogP) is 4.73. The minimum absolute atomic E-state index is 0.00607. The number of carboxylic acid groups (broad SMARTS) is 1. The van der Waals surface area contributed by atoms with E-state index in [4.69, 9.17) is 9.73 Å². The molecule has 3 aliphatic rings. The molecular formula is C31H28BrF2N5O5S. The minimum Gasteiger partial charge on any atom is -0.478 e. The van der Waals surface area contributed by atoms with Gasteiger partial charge in [-0.15, -0.1) is 11.3 Å². The number of piperidine rings is 1. The molecule has 3 aromatic rings. The molecule has 0 aliphatic carbocycles. The van der Waals surface area contributed by atoms with E-state index >= 15 is 4.39 Å². The molecule has 3 aliphatic heterocycles. The number of likely N-dealkylation sites (tertiary alicyclic amines) is 1. The molecule has 0 radical (unpaired) electrons. The Labute approximate surface area is 269 Å². The van der Waals surface area contributed by atoms with E-state index < -0.39 is 41.3 Å². The smallest absolute Gasteiger partial charge is 0.338 e. The summed E-state index contributed by atoms with van der Waals surface area (Å²) >= 11 is 4.78. The minimum atomic E-state index is -2.11. The number of alkyl halides is 1. The van der Waals surface area contributed by atoms with Crippen molar-refractivity contribution in [3.63, 3.8) is 0 Å². The lowest BCUT2D eigenvalue weighted by atomic mass is 9.85. The van der Waals surface area contributed by atoms with Crippen molar-refractivity contribution in [2.75, 3.05) is 37.7 Å². The number of benzene rings is 2. The lowest BCUT2D eigenvalue weighted by Crippen LogP contribution is -2.52. The molecule has 0 bridgehead atoms. The summed E-state index contributed by atoms with van der Waals surface area (Å²) in [6.07, 6.45) is 1.56. The van der Waals surface area contributed by atoms with Crippen LogP contribution in [0.3, 0.4) is 0 Å². The fourth-order valence-electron chi connectivity index (χ4n) is 6.05. The number of nitrogens with zero attached hydrogens (tertiary/aromatic N) is 4. The first-order chi connectivity index (χ1) is 21.6. The number of carboxylic acids is 1. The Balaban J connectivity index is 1.33. The highest BCUT2D eigenvalue weighted by atomic mass is 79.9. The Morgan fingerprint density at radius 2 is 2.07 bits per heavy atom. The van der Waals surface area contributed by atoms with Crippen molar-refractivity contribution in [2.45, 2.75) is 25.1 Å². The summed E-state index contributed by atoms with van der Waals surface area (Å²) in [6, 6.07) is 9.21. The van der Waals surface area contributed by atoms with Crippen molar-refractivity contribution < 1.29 is 33.0 Å². The van der Waals surface area contributed by atoms with E-state index in [1.54, 1.807) is 30.6 Å². The van der Waals surface area contributed by atoms with Crippen molar-refractivity contribution in [1.82, 2.24) is 15.2 Å². The summed E-state index contributed by atoms with van der Waals surface area (Å²) in [4.78, 5) is 50.8. The lowest BCUT2D eigenvalue weighted by Gasteiger charge is -2.38. The molecule has 0 saturated carbocycles. The number of carbonyl (C=O) groups excluding carboxylic acids is 2. The third kappa shape index (κ3) is 5.89. The molecule has 2 fully saturated rings. The number of aromatic carboxylic acids is 1. The first-order valence-electron chi connectivity index (χ1n) is 14.3. The first kappa shape index (κ1) is 31.0. The van der Waals surface area contributed by atoms with Gasteiger partial charge in [-0.3, -0.25) is 14.7 Å². The van der Waals surface area contributed by atoms with Crippen LogP contribution < -0.4 is 10.2 Å². The van der Waals surface area contributed by atoms with E-state index in [9.17, 15) is 23.9 Å². The Hall–Kier alpha value is -4.01. The van der Waals surface area contributed by atoms with Crippen molar-refractivity contribution in [3.05, 3.63) is 91.7 Å². The molecule has 4 heterocycles. The van der Waals surface area contributed by atoms with Gasteiger partial charge in [-0.05, 0) is 42.8 Å². The van der Waals surface area contributed by atoms with E-state index in [0.29, 0.717) is 32.3 Å². The summed E-state index contributed by atoms with van der Waals surface area (Å²) in [5.41, 5.74) is -0.506. The second-order valence-electron chi connectivity index (χ2n) is 10.9. The molecule has 1 amide bonds. The predicted molar refractivity (Wildman–Crippen MR) is 166 cm³/mol. The van der Waals surface area contributed by atoms with Crippen LogP contribution in [0.1, 0.15) is 40.3 Å². The SMILES string of the molecule is CCOC(=O)C1=C(CN2CC[C@]3(F)C(=O)N(c4cccc(C(=O)O)c4)C[C@@H]3C2)NC(c2nccs2)=N[C@H]1c1ccc(F)cc1Br. The highest BCUT2D eigenvalue weighted by molar-refractivity contribution is 9.10. The van der Waals surface area contributed by atoms with Crippen molar-refractivity contribution in [3.8, 4) is 0 Å². The largest absolute Gasteiger partial charge is 0.478 e. The number of amides is 1. The number of aliphatic imine (C=N–C) groups is 1. The number of hydrogen-bond acceptors (Lipinski definition) is 9. The van der Waals surface area contributed by atoms with Gasteiger partial charge in [-0.25, -0.2) is 23.4 Å². The Kier molecular flexibility index (Phi) is 8.55. The van der Waals surface area contributed by atoms with E-state index in [0.717, 1.165) is 0 Å². The zero-order valence-electron chi connectivity index (χ0n) is 24.0. The number of carbonyl (C=O) groups is 3. The van der Waals surface area contributed by atoms with Crippen LogP contribution in [0.5, 0.6) is 0 Å².